The van der Waals surface area contributed by atoms with Gasteiger partial charge < -0.3 is 4.42 Å². The lowest BCUT2D eigenvalue weighted by molar-refractivity contribution is 0.0840. The van der Waals surface area contributed by atoms with Crippen molar-refractivity contribution in [2.45, 2.75) is 19.9 Å². The van der Waals surface area contributed by atoms with Gasteiger partial charge in [-0.25, -0.2) is 9.99 Å². The van der Waals surface area contributed by atoms with E-state index in [-0.39, 0.29) is 11.5 Å². The summed E-state index contributed by atoms with van der Waals surface area (Å²) in [5, 5.41) is 1.34. The predicted molar refractivity (Wildman–Crippen MR) is 47.0 cm³/mol. The Kier molecular flexibility index (Phi) is 2.79. The molecule has 5 heteroatoms. The van der Waals surface area contributed by atoms with Crippen LogP contribution in [-0.4, -0.2) is 28.9 Å². The number of hydrogen-bond donors (Lipinski definition) is 1. The Hall–Kier alpha value is -1.20. The monoisotopic (exact) mass is 183 g/mol. The maximum Gasteiger partial charge on any atom is 0.218 e. The van der Waals surface area contributed by atoms with Gasteiger partial charge in [0.2, 0.25) is 5.78 Å². The molecule has 72 valence electrons. The molecule has 0 spiro atoms. The largest absolute Gasteiger partial charge is 0.440 e. The fraction of sp³-hybridized carbons (Fsp3) is 0.500. The molecule has 0 amide bonds. The van der Waals surface area contributed by atoms with Crippen LogP contribution >= 0.6 is 0 Å². The molecule has 1 unspecified atom stereocenters. The zero-order chi connectivity index (χ0) is 10.0. The van der Waals surface area contributed by atoms with Crippen molar-refractivity contribution in [1.82, 2.24) is 9.99 Å². The average Bonchev–Trinajstić information content (AvgIpc) is 2.48. The fourth-order valence-corrected chi connectivity index (χ4v) is 0.913. The molecule has 5 nitrogen and oxygen atoms in total. The van der Waals surface area contributed by atoms with Gasteiger partial charge in [-0.05, 0) is 13.8 Å². The standard InChI is InChI=1S/C8H13N3O2/c1-5-8(13-4-10-5)7(12)6(2)11(3)9/h4,6H,9H2,1-3H3. The van der Waals surface area contributed by atoms with E-state index in [0.717, 1.165) is 0 Å². The SMILES string of the molecule is Cc1ncoc1C(=O)C(C)N(C)N. The Bertz CT molecular complexity index is 306. The van der Waals surface area contributed by atoms with Crippen LogP contribution in [-0.2, 0) is 0 Å². The van der Waals surface area contributed by atoms with Crippen LogP contribution in [0, 0.1) is 6.92 Å². The fourth-order valence-electron chi connectivity index (χ4n) is 0.913. The molecule has 0 fully saturated rings. The second kappa shape index (κ2) is 3.68. The van der Waals surface area contributed by atoms with Gasteiger partial charge in [0.05, 0.1) is 11.7 Å². The minimum absolute atomic E-state index is 0.153. The zero-order valence-corrected chi connectivity index (χ0v) is 7.94. The molecule has 1 aromatic rings. The highest BCUT2D eigenvalue weighted by Gasteiger charge is 2.22. The van der Waals surface area contributed by atoms with Crippen LogP contribution in [0.15, 0.2) is 10.8 Å². The number of rotatable bonds is 3. The third-order valence-corrected chi connectivity index (χ3v) is 1.96. The van der Waals surface area contributed by atoms with Crippen molar-refractivity contribution in [3.8, 4) is 0 Å². The number of nitrogens with two attached hydrogens (primary N) is 1. The summed E-state index contributed by atoms with van der Waals surface area (Å²) in [6, 6.07) is -0.397. The van der Waals surface area contributed by atoms with Gasteiger partial charge in [0, 0.05) is 7.05 Å². The molecule has 0 saturated carbocycles. The quantitative estimate of drug-likeness (QED) is 0.416. The van der Waals surface area contributed by atoms with Crippen molar-refractivity contribution in [3.05, 3.63) is 17.8 Å². The predicted octanol–water partition coefficient (Wildman–Crippen LogP) is 0.360. The molecular formula is C8H13N3O2. The summed E-state index contributed by atoms with van der Waals surface area (Å²) in [6.45, 7) is 3.43. The molecule has 13 heavy (non-hydrogen) atoms. The van der Waals surface area contributed by atoms with Crippen molar-refractivity contribution in [3.63, 3.8) is 0 Å². The van der Waals surface area contributed by atoms with E-state index in [1.807, 2.05) is 0 Å². The highest BCUT2D eigenvalue weighted by atomic mass is 16.3. The van der Waals surface area contributed by atoms with Crippen LogP contribution in [0.1, 0.15) is 23.2 Å². The van der Waals surface area contributed by atoms with Gasteiger partial charge in [-0.1, -0.05) is 0 Å². The number of carbonyl (C=O) groups excluding carboxylic acids is 1. The van der Waals surface area contributed by atoms with Gasteiger partial charge in [-0.15, -0.1) is 0 Å². The Morgan fingerprint density at radius 3 is 2.77 bits per heavy atom. The van der Waals surface area contributed by atoms with Crippen molar-refractivity contribution in [2.24, 2.45) is 5.84 Å². The molecule has 0 aliphatic heterocycles. The van der Waals surface area contributed by atoms with Gasteiger partial charge in [0.1, 0.15) is 0 Å². The third kappa shape index (κ3) is 1.93. The zero-order valence-electron chi connectivity index (χ0n) is 7.94. The Morgan fingerprint density at radius 2 is 2.38 bits per heavy atom. The van der Waals surface area contributed by atoms with Crippen LogP contribution in [0.25, 0.3) is 0 Å². The minimum Gasteiger partial charge on any atom is -0.440 e. The topological polar surface area (TPSA) is 72.4 Å². The lowest BCUT2D eigenvalue weighted by Crippen LogP contribution is -2.40. The number of likely N-dealkylation sites (N-methyl/N-ethyl adjacent to an activating group) is 1. The third-order valence-electron chi connectivity index (χ3n) is 1.96. The maximum atomic E-state index is 11.6. The first-order valence-corrected chi connectivity index (χ1v) is 3.96. The van der Waals surface area contributed by atoms with Gasteiger partial charge in [0.15, 0.2) is 12.2 Å². The van der Waals surface area contributed by atoms with Crippen LogP contribution in [0.4, 0.5) is 0 Å². The molecule has 1 heterocycles. The average molecular weight is 183 g/mol. The van der Waals surface area contributed by atoms with Crippen LogP contribution in [0.2, 0.25) is 0 Å². The number of aryl methyl sites for hydroxylation is 1. The molecule has 0 bridgehead atoms. The Balaban J connectivity index is 2.86. The second-order valence-electron chi connectivity index (χ2n) is 2.97. The summed E-state index contributed by atoms with van der Waals surface area (Å²) in [5.41, 5.74) is 0.596. The number of hydrogen-bond acceptors (Lipinski definition) is 5. The summed E-state index contributed by atoms with van der Waals surface area (Å²) in [4.78, 5) is 15.4. The van der Waals surface area contributed by atoms with E-state index in [2.05, 4.69) is 4.98 Å². The normalized spacial score (nSPS) is 13.3. The smallest absolute Gasteiger partial charge is 0.218 e. The van der Waals surface area contributed by atoms with Gasteiger partial charge in [-0.2, -0.15) is 0 Å². The number of Topliss-reactive ketones (excluding diaryl/α,β-unsaturated/α-hetero) is 1. The summed E-state index contributed by atoms with van der Waals surface area (Å²) >= 11 is 0. The van der Waals surface area contributed by atoms with Crippen LogP contribution in [0.3, 0.4) is 0 Å². The summed E-state index contributed by atoms with van der Waals surface area (Å²) < 4.78 is 4.95. The number of aromatic nitrogens is 1. The van der Waals surface area contributed by atoms with E-state index >= 15 is 0 Å². The molecule has 0 aromatic carbocycles. The lowest BCUT2D eigenvalue weighted by atomic mass is 10.1. The van der Waals surface area contributed by atoms with Crippen molar-refractivity contribution >= 4 is 5.78 Å². The van der Waals surface area contributed by atoms with E-state index in [1.54, 1.807) is 20.9 Å². The van der Waals surface area contributed by atoms with E-state index in [0.29, 0.717) is 5.69 Å². The van der Waals surface area contributed by atoms with Gasteiger partial charge >= 0.3 is 0 Å². The number of oxazole rings is 1. The lowest BCUT2D eigenvalue weighted by Gasteiger charge is -2.16. The van der Waals surface area contributed by atoms with Crippen molar-refractivity contribution in [2.75, 3.05) is 7.05 Å². The molecule has 0 aliphatic rings. The van der Waals surface area contributed by atoms with Gasteiger partial charge in [0.25, 0.3) is 0 Å². The summed E-state index contributed by atoms with van der Waals surface area (Å²) in [5.74, 6) is 5.57. The molecule has 1 aromatic heterocycles. The van der Waals surface area contributed by atoms with Crippen LogP contribution < -0.4 is 5.84 Å². The van der Waals surface area contributed by atoms with E-state index < -0.39 is 6.04 Å². The minimum atomic E-state index is -0.397. The number of carbonyl (C=O) groups is 1. The van der Waals surface area contributed by atoms with Crippen molar-refractivity contribution in [1.29, 1.82) is 0 Å². The Morgan fingerprint density at radius 1 is 1.77 bits per heavy atom. The van der Waals surface area contributed by atoms with E-state index in [4.69, 9.17) is 10.3 Å². The Labute approximate surface area is 76.5 Å². The first-order valence-electron chi connectivity index (χ1n) is 3.96. The number of hydrazine groups is 1. The molecular weight excluding hydrogens is 170 g/mol. The molecule has 2 N–H and O–H groups in total. The number of nitrogens with zero attached hydrogens (tertiary/aromatic N) is 2. The van der Waals surface area contributed by atoms with E-state index in [1.165, 1.54) is 11.4 Å². The molecule has 1 atom stereocenters. The highest BCUT2D eigenvalue weighted by Crippen LogP contribution is 2.09. The van der Waals surface area contributed by atoms with Crippen molar-refractivity contribution < 1.29 is 9.21 Å². The molecule has 0 aliphatic carbocycles. The van der Waals surface area contributed by atoms with E-state index in [9.17, 15) is 4.79 Å². The molecule has 1 rings (SSSR count). The van der Waals surface area contributed by atoms with Crippen LogP contribution in [0.5, 0.6) is 0 Å². The van der Waals surface area contributed by atoms with Gasteiger partial charge in [-0.3, -0.25) is 10.6 Å². The first kappa shape index (κ1) is 9.88. The summed E-state index contributed by atoms with van der Waals surface area (Å²) in [6.07, 6.45) is 1.26. The maximum absolute atomic E-state index is 11.6. The molecule has 0 saturated heterocycles. The highest BCUT2D eigenvalue weighted by molar-refractivity contribution is 5.98. The number of ketones is 1. The summed E-state index contributed by atoms with van der Waals surface area (Å²) in [7, 11) is 1.63. The first-order chi connectivity index (χ1) is 6.04. The second-order valence-corrected chi connectivity index (χ2v) is 2.97. The molecule has 0 radical (unpaired) electrons.